The molecule has 3 rings (SSSR count). The van der Waals surface area contributed by atoms with Crippen LogP contribution in [0.4, 0.5) is 11.8 Å². The number of rotatable bonds is 2. The van der Waals surface area contributed by atoms with Crippen LogP contribution in [0.3, 0.4) is 0 Å². The van der Waals surface area contributed by atoms with Crippen molar-refractivity contribution in [2.45, 2.75) is 13.0 Å². The molecule has 1 atom stereocenters. The van der Waals surface area contributed by atoms with E-state index in [1.165, 1.54) is 15.3 Å². The molecule has 96 valence electrons. The zero-order chi connectivity index (χ0) is 12.7. The number of nitrogens with one attached hydrogen (secondary N) is 3. The second kappa shape index (κ2) is 4.32. The maximum Gasteiger partial charge on any atom is 0.240 e. The van der Waals surface area contributed by atoms with Crippen LogP contribution in [-0.2, 0) is 13.0 Å². The van der Waals surface area contributed by atoms with Gasteiger partial charge < -0.3 is 10.3 Å². The molecule has 8 heteroatoms. The zero-order valence-corrected chi connectivity index (χ0v) is 10.9. The van der Waals surface area contributed by atoms with E-state index in [2.05, 4.69) is 27.9 Å². The molecular weight excluding hydrogens is 250 g/mol. The van der Waals surface area contributed by atoms with E-state index in [1.54, 1.807) is 11.3 Å². The molecule has 0 saturated heterocycles. The highest BCUT2D eigenvalue weighted by atomic mass is 32.1. The van der Waals surface area contributed by atoms with E-state index in [-0.39, 0.29) is 0 Å². The average molecular weight is 266 g/mol. The molecule has 0 spiro atoms. The number of likely N-dealkylation sites (N-methyl/N-ethyl adjacent to an activating group) is 1. The third-order valence-corrected chi connectivity index (χ3v) is 4.39. The van der Waals surface area contributed by atoms with Gasteiger partial charge in [-0.1, -0.05) is 0 Å². The van der Waals surface area contributed by atoms with E-state index in [0.717, 1.165) is 29.7 Å². The fraction of sp³-hybridized carbons (Fsp3) is 0.400. The Morgan fingerprint density at radius 3 is 2.83 bits per heavy atom. The molecule has 1 unspecified atom stereocenters. The van der Waals surface area contributed by atoms with Gasteiger partial charge in [0.2, 0.25) is 5.95 Å². The Morgan fingerprint density at radius 1 is 1.28 bits per heavy atom. The standard InChI is InChI=1S/C10H15N7S/c1-17-3-2-5-6(4-17)18-9-7(5)8(15-11)13-10(14-9)16-12/h2-4,11-12H2,1H3,(H2,13,14,15,16)/p+1. The van der Waals surface area contributed by atoms with Crippen LogP contribution in [0.25, 0.3) is 10.2 Å². The van der Waals surface area contributed by atoms with Crippen molar-refractivity contribution in [3.8, 4) is 0 Å². The summed E-state index contributed by atoms with van der Waals surface area (Å²) in [6.45, 7) is 2.16. The molecular formula is C10H16N7S+. The summed E-state index contributed by atoms with van der Waals surface area (Å²) in [4.78, 5) is 12.5. The lowest BCUT2D eigenvalue weighted by atomic mass is 10.1. The van der Waals surface area contributed by atoms with Gasteiger partial charge in [-0.3, -0.25) is 5.43 Å². The highest BCUT2D eigenvalue weighted by molar-refractivity contribution is 7.19. The molecule has 18 heavy (non-hydrogen) atoms. The number of nitrogens with zero attached hydrogens (tertiary/aromatic N) is 2. The summed E-state index contributed by atoms with van der Waals surface area (Å²) in [6, 6.07) is 0. The van der Waals surface area contributed by atoms with E-state index in [9.17, 15) is 0 Å². The minimum absolute atomic E-state index is 0.384. The number of anilines is 2. The molecule has 0 aliphatic carbocycles. The molecule has 0 amide bonds. The highest BCUT2D eigenvalue weighted by Crippen LogP contribution is 2.35. The number of hydrazine groups is 2. The molecule has 0 aromatic carbocycles. The highest BCUT2D eigenvalue weighted by Gasteiger charge is 2.24. The summed E-state index contributed by atoms with van der Waals surface area (Å²) in [7, 11) is 2.20. The lowest BCUT2D eigenvalue weighted by molar-refractivity contribution is -0.895. The Balaban J connectivity index is 2.24. The average Bonchev–Trinajstić information content (AvgIpc) is 2.74. The third-order valence-electron chi connectivity index (χ3n) is 3.26. The summed E-state index contributed by atoms with van der Waals surface area (Å²) >= 11 is 1.70. The number of aromatic nitrogens is 2. The second-order valence-electron chi connectivity index (χ2n) is 4.50. The van der Waals surface area contributed by atoms with E-state index in [0.29, 0.717) is 11.8 Å². The van der Waals surface area contributed by atoms with Gasteiger partial charge in [0.1, 0.15) is 11.4 Å². The van der Waals surface area contributed by atoms with Gasteiger partial charge in [0.05, 0.1) is 23.9 Å². The molecule has 0 saturated carbocycles. The number of fused-ring (bicyclic) bond motifs is 3. The molecule has 7 N–H and O–H groups in total. The first-order valence-corrected chi connectivity index (χ1v) is 6.61. The topological polar surface area (TPSA) is 106 Å². The maximum absolute atomic E-state index is 5.55. The summed E-state index contributed by atoms with van der Waals surface area (Å²) in [5.74, 6) is 11.9. The van der Waals surface area contributed by atoms with Crippen molar-refractivity contribution in [3.05, 3.63) is 10.4 Å². The summed E-state index contributed by atoms with van der Waals surface area (Å²) in [5.41, 5.74) is 6.44. The van der Waals surface area contributed by atoms with Crippen molar-refractivity contribution in [3.63, 3.8) is 0 Å². The first-order chi connectivity index (χ1) is 8.72. The Kier molecular flexibility index (Phi) is 2.78. The zero-order valence-electron chi connectivity index (χ0n) is 10.1. The number of hydrogen-bond acceptors (Lipinski definition) is 7. The van der Waals surface area contributed by atoms with Crippen molar-refractivity contribution in [2.75, 3.05) is 24.4 Å². The van der Waals surface area contributed by atoms with E-state index < -0.39 is 0 Å². The van der Waals surface area contributed by atoms with Gasteiger partial charge in [-0.2, -0.15) is 4.98 Å². The van der Waals surface area contributed by atoms with Crippen molar-refractivity contribution < 1.29 is 4.90 Å². The SMILES string of the molecule is C[NH+]1CCc2c(sc3nc(NN)nc(NN)c23)C1. The molecule has 2 aromatic heterocycles. The first-order valence-electron chi connectivity index (χ1n) is 5.79. The van der Waals surface area contributed by atoms with E-state index in [4.69, 9.17) is 11.7 Å². The van der Waals surface area contributed by atoms with E-state index in [1.807, 2.05) is 0 Å². The number of thiophene rings is 1. The fourth-order valence-electron chi connectivity index (χ4n) is 2.38. The van der Waals surface area contributed by atoms with Crippen LogP contribution in [0, 0.1) is 0 Å². The number of quaternary nitrogens is 1. The molecule has 1 aliphatic heterocycles. The van der Waals surface area contributed by atoms with Gasteiger partial charge in [0.25, 0.3) is 0 Å². The van der Waals surface area contributed by atoms with Gasteiger partial charge in [-0.05, 0) is 5.56 Å². The van der Waals surface area contributed by atoms with Crippen LogP contribution in [-0.4, -0.2) is 23.6 Å². The number of nitrogen functional groups attached to an aromatic ring is 2. The number of nitrogens with two attached hydrogens (primary N) is 2. The van der Waals surface area contributed by atoms with Crippen LogP contribution in [0.2, 0.25) is 0 Å². The van der Waals surface area contributed by atoms with Crippen molar-refractivity contribution in [1.82, 2.24) is 9.97 Å². The summed E-state index contributed by atoms with van der Waals surface area (Å²) in [6.07, 6.45) is 1.04. The van der Waals surface area contributed by atoms with Gasteiger partial charge in [0.15, 0.2) is 5.82 Å². The Bertz CT molecular complexity index is 593. The summed E-state index contributed by atoms with van der Waals surface area (Å²) in [5, 5.41) is 1.05. The molecule has 3 heterocycles. The number of hydrogen-bond donors (Lipinski definition) is 5. The quantitative estimate of drug-likeness (QED) is 0.346. The first kappa shape index (κ1) is 11.6. The van der Waals surface area contributed by atoms with Gasteiger partial charge in [-0.25, -0.2) is 16.7 Å². The Hall–Kier alpha value is -1.48. The summed E-state index contributed by atoms with van der Waals surface area (Å²) < 4.78 is 0. The van der Waals surface area contributed by atoms with Crippen LogP contribution in [0.15, 0.2) is 0 Å². The Labute approximate surface area is 108 Å². The van der Waals surface area contributed by atoms with Crippen molar-refractivity contribution in [1.29, 1.82) is 0 Å². The maximum atomic E-state index is 5.55. The lowest BCUT2D eigenvalue weighted by Gasteiger charge is -2.19. The second-order valence-corrected chi connectivity index (χ2v) is 5.59. The van der Waals surface area contributed by atoms with Gasteiger partial charge in [0, 0.05) is 6.42 Å². The third kappa shape index (κ3) is 1.70. The van der Waals surface area contributed by atoms with Gasteiger partial charge in [-0.15, -0.1) is 11.3 Å². The minimum Gasteiger partial charge on any atom is -0.333 e. The lowest BCUT2D eigenvalue weighted by Crippen LogP contribution is -3.08. The molecule has 0 radical (unpaired) electrons. The monoisotopic (exact) mass is 266 g/mol. The van der Waals surface area contributed by atoms with Crippen LogP contribution >= 0.6 is 11.3 Å². The van der Waals surface area contributed by atoms with E-state index >= 15 is 0 Å². The fourth-order valence-corrected chi connectivity index (χ4v) is 3.71. The Morgan fingerprint density at radius 2 is 2.11 bits per heavy atom. The minimum atomic E-state index is 0.384. The normalized spacial score (nSPS) is 18.7. The molecule has 1 aliphatic rings. The predicted octanol–water partition coefficient (Wildman–Crippen LogP) is -1.17. The van der Waals surface area contributed by atoms with Crippen LogP contribution in [0.5, 0.6) is 0 Å². The van der Waals surface area contributed by atoms with Crippen molar-refractivity contribution >= 4 is 33.3 Å². The molecule has 7 nitrogen and oxygen atoms in total. The molecule has 0 bridgehead atoms. The smallest absolute Gasteiger partial charge is 0.240 e. The largest absolute Gasteiger partial charge is 0.333 e. The molecule has 2 aromatic rings. The van der Waals surface area contributed by atoms with Crippen LogP contribution in [0.1, 0.15) is 10.4 Å². The van der Waals surface area contributed by atoms with Crippen molar-refractivity contribution in [2.24, 2.45) is 11.7 Å². The molecule has 0 fully saturated rings. The predicted molar refractivity (Wildman–Crippen MR) is 72.2 cm³/mol. The van der Waals surface area contributed by atoms with Crippen LogP contribution < -0.4 is 27.4 Å². The van der Waals surface area contributed by atoms with Gasteiger partial charge >= 0.3 is 0 Å².